The zero-order chi connectivity index (χ0) is 24.6. The standard InChI is InChI=1S/C21H16F2N6O4S/c1-10-14(29(32)33)8-28(27-10)9-15(30)26-17-16-12(11-5-3-2-4-6-11)7-13(19(22)23)25-21(16)34-18(17)20(24)31/h2-8,19H,9H2,1H3,(H2,24,31)(H,26,30). The van der Waals surface area contributed by atoms with Gasteiger partial charge in [0.2, 0.25) is 5.91 Å². The Balaban J connectivity index is 1.82. The summed E-state index contributed by atoms with van der Waals surface area (Å²) in [5.74, 6) is -1.53. The highest BCUT2D eigenvalue weighted by atomic mass is 32.1. The van der Waals surface area contributed by atoms with E-state index in [0.29, 0.717) is 11.1 Å². The van der Waals surface area contributed by atoms with Crippen molar-refractivity contribution >= 4 is 44.7 Å². The average molecular weight is 486 g/mol. The van der Waals surface area contributed by atoms with Gasteiger partial charge in [-0.15, -0.1) is 11.3 Å². The molecule has 0 saturated carbocycles. The summed E-state index contributed by atoms with van der Waals surface area (Å²) in [7, 11) is 0. The quantitative estimate of drug-likeness (QED) is 0.298. The molecule has 0 aliphatic rings. The minimum atomic E-state index is -2.86. The van der Waals surface area contributed by atoms with Gasteiger partial charge in [-0.25, -0.2) is 13.8 Å². The van der Waals surface area contributed by atoms with Gasteiger partial charge < -0.3 is 11.1 Å². The molecule has 0 aliphatic carbocycles. The van der Waals surface area contributed by atoms with Crippen LogP contribution in [0.5, 0.6) is 0 Å². The Kier molecular flexibility index (Phi) is 6.03. The van der Waals surface area contributed by atoms with Crippen LogP contribution in [-0.4, -0.2) is 31.5 Å². The number of pyridine rings is 1. The van der Waals surface area contributed by atoms with Crippen molar-refractivity contribution in [2.24, 2.45) is 5.73 Å². The number of fused-ring (bicyclic) bond motifs is 1. The van der Waals surface area contributed by atoms with E-state index >= 15 is 0 Å². The molecule has 1 aromatic carbocycles. The summed E-state index contributed by atoms with van der Waals surface area (Å²) in [5, 5.41) is 17.9. The van der Waals surface area contributed by atoms with Crippen molar-refractivity contribution in [1.29, 1.82) is 0 Å². The molecule has 0 bridgehead atoms. The average Bonchev–Trinajstić information content (AvgIpc) is 3.34. The van der Waals surface area contributed by atoms with Crippen LogP contribution in [0.3, 0.4) is 0 Å². The smallest absolute Gasteiger partial charge is 0.309 e. The van der Waals surface area contributed by atoms with Crippen LogP contribution in [0, 0.1) is 17.0 Å². The van der Waals surface area contributed by atoms with Crippen molar-refractivity contribution in [2.75, 3.05) is 5.32 Å². The zero-order valence-corrected chi connectivity index (χ0v) is 18.3. The first-order valence-electron chi connectivity index (χ1n) is 9.74. The number of hydrogen-bond acceptors (Lipinski definition) is 7. The van der Waals surface area contributed by atoms with Crippen LogP contribution in [0.25, 0.3) is 21.3 Å². The highest BCUT2D eigenvalue weighted by molar-refractivity contribution is 7.21. The number of thiophene rings is 1. The molecular weight excluding hydrogens is 470 g/mol. The van der Waals surface area contributed by atoms with Gasteiger partial charge in [0.15, 0.2) is 0 Å². The van der Waals surface area contributed by atoms with Gasteiger partial charge >= 0.3 is 5.69 Å². The number of alkyl halides is 2. The van der Waals surface area contributed by atoms with Crippen LogP contribution < -0.4 is 11.1 Å². The number of amides is 2. The van der Waals surface area contributed by atoms with Crippen LogP contribution in [0.2, 0.25) is 0 Å². The Morgan fingerprint density at radius 3 is 2.59 bits per heavy atom. The molecule has 10 nitrogen and oxygen atoms in total. The van der Waals surface area contributed by atoms with Crippen molar-refractivity contribution in [3.05, 3.63) is 69.0 Å². The lowest BCUT2D eigenvalue weighted by atomic mass is 10.0. The number of nitrogens with two attached hydrogens (primary N) is 1. The van der Waals surface area contributed by atoms with E-state index in [1.54, 1.807) is 30.3 Å². The molecular formula is C21H16F2N6O4S. The van der Waals surface area contributed by atoms with Crippen LogP contribution in [0.4, 0.5) is 20.2 Å². The second-order valence-electron chi connectivity index (χ2n) is 7.21. The molecule has 34 heavy (non-hydrogen) atoms. The summed E-state index contributed by atoms with van der Waals surface area (Å²) in [6, 6.07) is 9.79. The van der Waals surface area contributed by atoms with Gasteiger partial charge in [0.05, 0.1) is 10.6 Å². The minimum Gasteiger partial charge on any atom is -0.365 e. The number of halogens is 2. The number of primary amides is 1. The van der Waals surface area contributed by atoms with Gasteiger partial charge in [-0.3, -0.25) is 24.4 Å². The van der Waals surface area contributed by atoms with Gasteiger partial charge in [-0.1, -0.05) is 30.3 Å². The third kappa shape index (κ3) is 4.32. The van der Waals surface area contributed by atoms with Crippen molar-refractivity contribution in [3.8, 4) is 11.1 Å². The van der Waals surface area contributed by atoms with Crippen LogP contribution in [0.1, 0.15) is 27.5 Å². The van der Waals surface area contributed by atoms with Gasteiger partial charge in [-0.05, 0) is 24.1 Å². The van der Waals surface area contributed by atoms with Crippen LogP contribution >= 0.6 is 11.3 Å². The lowest BCUT2D eigenvalue weighted by Crippen LogP contribution is -2.21. The maximum atomic E-state index is 13.5. The first-order valence-corrected chi connectivity index (χ1v) is 10.6. The normalized spacial score (nSPS) is 11.2. The number of rotatable bonds is 7. The topological polar surface area (TPSA) is 146 Å². The van der Waals surface area contributed by atoms with Crippen molar-refractivity contribution in [1.82, 2.24) is 14.8 Å². The highest BCUT2D eigenvalue weighted by Gasteiger charge is 2.25. The summed E-state index contributed by atoms with van der Waals surface area (Å²) in [4.78, 5) is 39.3. The summed E-state index contributed by atoms with van der Waals surface area (Å²) < 4.78 is 28.1. The third-order valence-electron chi connectivity index (χ3n) is 4.90. The van der Waals surface area contributed by atoms with Crippen LogP contribution in [-0.2, 0) is 11.3 Å². The van der Waals surface area contributed by atoms with E-state index in [9.17, 15) is 28.5 Å². The highest BCUT2D eigenvalue weighted by Crippen LogP contribution is 2.42. The molecule has 0 spiro atoms. The Labute approximate surface area is 194 Å². The van der Waals surface area contributed by atoms with Gasteiger partial charge in [0.1, 0.15) is 33.8 Å². The molecule has 3 aromatic heterocycles. The summed E-state index contributed by atoms with van der Waals surface area (Å²) >= 11 is 0.786. The Morgan fingerprint density at radius 1 is 1.29 bits per heavy atom. The molecule has 0 fully saturated rings. The molecule has 0 saturated heterocycles. The first-order chi connectivity index (χ1) is 16.2. The maximum absolute atomic E-state index is 13.5. The second-order valence-corrected chi connectivity index (χ2v) is 8.21. The number of carbonyl (C=O) groups excluding carboxylic acids is 2. The molecule has 0 atom stereocenters. The number of hydrogen-bond donors (Lipinski definition) is 2. The molecule has 4 aromatic rings. The second kappa shape index (κ2) is 8.94. The summed E-state index contributed by atoms with van der Waals surface area (Å²) in [5.41, 5.74) is 5.84. The molecule has 2 amide bonds. The predicted molar refractivity (Wildman–Crippen MR) is 121 cm³/mol. The lowest BCUT2D eigenvalue weighted by Gasteiger charge is -2.11. The molecule has 3 heterocycles. The maximum Gasteiger partial charge on any atom is 0.309 e. The fourth-order valence-electron chi connectivity index (χ4n) is 3.46. The van der Waals surface area contributed by atoms with E-state index in [1.807, 2.05) is 0 Å². The lowest BCUT2D eigenvalue weighted by molar-refractivity contribution is -0.385. The molecule has 4 rings (SSSR count). The minimum absolute atomic E-state index is 0.0306. The van der Waals surface area contributed by atoms with Crippen molar-refractivity contribution in [2.45, 2.75) is 19.9 Å². The Morgan fingerprint density at radius 2 is 2.00 bits per heavy atom. The Hall–Kier alpha value is -4.26. The van der Waals surface area contributed by atoms with E-state index in [-0.39, 0.29) is 32.2 Å². The van der Waals surface area contributed by atoms with E-state index < -0.39 is 35.4 Å². The number of benzene rings is 1. The van der Waals surface area contributed by atoms with E-state index in [0.717, 1.165) is 22.2 Å². The van der Waals surface area contributed by atoms with Crippen molar-refractivity contribution in [3.63, 3.8) is 0 Å². The number of anilines is 1. The molecule has 0 radical (unpaired) electrons. The number of nitrogens with one attached hydrogen (secondary N) is 1. The predicted octanol–water partition coefficient (Wildman–Crippen LogP) is 4.05. The van der Waals surface area contributed by atoms with E-state index in [1.165, 1.54) is 13.0 Å². The third-order valence-corrected chi connectivity index (χ3v) is 6.00. The van der Waals surface area contributed by atoms with Crippen LogP contribution in [0.15, 0.2) is 42.6 Å². The summed E-state index contributed by atoms with van der Waals surface area (Å²) in [6.45, 7) is 1.04. The number of carbonyl (C=O) groups is 2. The summed E-state index contributed by atoms with van der Waals surface area (Å²) in [6.07, 6.45) is -1.75. The molecule has 0 aliphatic heterocycles. The van der Waals surface area contributed by atoms with E-state index in [4.69, 9.17) is 5.73 Å². The van der Waals surface area contributed by atoms with Gasteiger partial charge in [0.25, 0.3) is 12.3 Å². The molecule has 13 heteroatoms. The van der Waals surface area contributed by atoms with Crippen molar-refractivity contribution < 1.29 is 23.3 Å². The van der Waals surface area contributed by atoms with Gasteiger partial charge in [-0.2, -0.15) is 5.10 Å². The number of aryl methyl sites for hydroxylation is 1. The number of nitrogens with zero attached hydrogens (tertiary/aromatic N) is 4. The zero-order valence-electron chi connectivity index (χ0n) is 17.5. The molecule has 0 unspecified atom stereocenters. The van der Waals surface area contributed by atoms with E-state index in [2.05, 4.69) is 15.4 Å². The molecule has 174 valence electrons. The number of aromatic nitrogens is 3. The monoisotopic (exact) mass is 486 g/mol. The first kappa shape index (κ1) is 22.9. The number of nitro groups is 1. The SMILES string of the molecule is Cc1nn(CC(=O)Nc2c(C(N)=O)sc3nc(C(F)F)cc(-c4ccccc4)c23)cc1[N+](=O)[O-]. The fourth-order valence-corrected chi connectivity index (χ4v) is 4.48. The van der Waals surface area contributed by atoms with Gasteiger partial charge in [0, 0.05) is 5.39 Å². The largest absolute Gasteiger partial charge is 0.365 e. The fraction of sp³-hybridized carbons (Fsp3) is 0.143. The Bertz CT molecular complexity index is 1430. The molecule has 3 N–H and O–H groups in total.